The van der Waals surface area contributed by atoms with Crippen LogP contribution in [0, 0.1) is 17.0 Å². The Morgan fingerprint density at radius 3 is 2.17 bits per heavy atom. The number of nitrogens with one attached hydrogen (secondary N) is 1. The van der Waals surface area contributed by atoms with Gasteiger partial charge in [-0.1, -0.05) is 61.4 Å². The first kappa shape index (κ1) is 30.3. The van der Waals surface area contributed by atoms with Crippen molar-refractivity contribution in [2.45, 2.75) is 51.1 Å². The molecule has 1 N–H and O–H groups in total. The lowest BCUT2D eigenvalue weighted by Crippen LogP contribution is -2.51. The molecular weight excluding hydrogens is 532 g/mol. The molecule has 0 aliphatic heterocycles. The van der Waals surface area contributed by atoms with Gasteiger partial charge in [-0.05, 0) is 50.1 Å². The summed E-state index contributed by atoms with van der Waals surface area (Å²) in [5.74, 6) is -0.946. The van der Waals surface area contributed by atoms with Gasteiger partial charge in [0.15, 0.2) is 0 Å². The van der Waals surface area contributed by atoms with Crippen molar-refractivity contribution in [3.8, 4) is 0 Å². The SMILES string of the molecule is CCCCNC(=O)[C@H](C)N(Cc1ccc(C)cc1)C(=O)CN(c1ccc([N+](=O)[O-])cc1)S(=O)(=O)c1ccccc1. The standard InChI is InChI=1S/C29H34N4O6S/c1-4-5-19-30-29(35)23(3)31(20-24-13-11-22(2)12-14-24)28(34)21-32(25-15-17-26(18-16-25)33(36)37)40(38,39)27-9-7-6-8-10-27/h6-18,23H,4-5,19-21H2,1-3H3,(H,30,35)/t23-/m0/s1. The molecule has 0 heterocycles. The molecule has 0 fully saturated rings. The summed E-state index contributed by atoms with van der Waals surface area (Å²) in [6.45, 7) is 5.48. The Morgan fingerprint density at radius 1 is 0.975 bits per heavy atom. The number of carbonyl (C=O) groups is 2. The number of hydrogen-bond acceptors (Lipinski definition) is 6. The molecule has 3 aromatic carbocycles. The van der Waals surface area contributed by atoms with Crippen molar-refractivity contribution in [2.24, 2.45) is 0 Å². The first-order chi connectivity index (χ1) is 19.0. The molecular formula is C29H34N4O6S. The largest absolute Gasteiger partial charge is 0.354 e. The normalized spacial score (nSPS) is 11.9. The van der Waals surface area contributed by atoms with Crippen LogP contribution >= 0.6 is 0 Å². The van der Waals surface area contributed by atoms with E-state index in [0.29, 0.717) is 6.54 Å². The smallest absolute Gasteiger partial charge is 0.269 e. The summed E-state index contributed by atoms with van der Waals surface area (Å²) >= 11 is 0. The predicted molar refractivity (Wildman–Crippen MR) is 153 cm³/mol. The summed E-state index contributed by atoms with van der Waals surface area (Å²) in [7, 11) is -4.24. The van der Waals surface area contributed by atoms with Gasteiger partial charge >= 0.3 is 0 Å². The van der Waals surface area contributed by atoms with Gasteiger partial charge in [-0.3, -0.25) is 24.0 Å². The zero-order chi connectivity index (χ0) is 29.3. The van der Waals surface area contributed by atoms with Crippen LogP contribution in [-0.2, 0) is 26.2 Å². The third-order valence-electron chi connectivity index (χ3n) is 6.43. The Balaban J connectivity index is 2.00. The van der Waals surface area contributed by atoms with Crippen LogP contribution < -0.4 is 9.62 Å². The van der Waals surface area contributed by atoms with E-state index in [-0.39, 0.29) is 28.7 Å². The fraction of sp³-hybridized carbons (Fsp3) is 0.310. The monoisotopic (exact) mass is 566 g/mol. The Hall–Kier alpha value is -4.25. The predicted octanol–water partition coefficient (Wildman–Crippen LogP) is 4.43. The topological polar surface area (TPSA) is 130 Å². The molecule has 0 aliphatic rings. The maximum Gasteiger partial charge on any atom is 0.269 e. The fourth-order valence-corrected chi connectivity index (χ4v) is 5.43. The zero-order valence-corrected chi connectivity index (χ0v) is 23.6. The highest BCUT2D eigenvalue weighted by Gasteiger charge is 2.32. The molecule has 40 heavy (non-hydrogen) atoms. The number of aryl methyl sites for hydroxylation is 1. The molecule has 1 atom stereocenters. The number of hydrogen-bond donors (Lipinski definition) is 1. The Labute approximate surface area is 234 Å². The lowest BCUT2D eigenvalue weighted by atomic mass is 10.1. The molecule has 0 unspecified atom stereocenters. The number of nitro groups is 1. The van der Waals surface area contributed by atoms with E-state index in [2.05, 4.69) is 5.32 Å². The van der Waals surface area contributed by atoms with Gasteiger partial charge in [-0.25, -0.2) is 8.42 Å². The molecule has 11 heteroatoms. The van der Waals surface area contributed by atoms with Crippen molar-refractivity contribution < 1.29 is 22.9 Å². The van der Waals surface area contributed by atoms with Crippen LogP contribution in [0.5, 0.6) is 0 Å². The van der Waals surface area contributed by atoms with Gasteiger partial charge in [0, 0.05) is 25.2 Å². The summed E-state index contributed by atoms with van der Waals surface area (Å²) in [6, 6.07) is 19.2. The van der Waals surface area contributed by atoms with E-state index in [4.69, 9.17) is 0 Å². The summed E-state index contributed by atoms with van der Waals surface area (Å²) in [6.07, 6.45) is 1.68. The second-order valence-electron chi connectivity index (χ2n) is 9.43. The molecule has 10 nitrogen and oxygen atoms in total. The van der Waals surface area contributed by atoms with Gasteiger partial charge in [0.1, 0.15) is 12.6 Å². The van der Waals surface area contributed by atoms with Crippen LogP contribution in [-0.4, -0.2) is 49.2 Å². The number of carbonyl (C=O) groups excluding carboxylic acids is 2. The number of benzene rings is 3. The van der Waals surface area contributed by atoms with E-state index in [0.717, 1.165) is 28.3 Å². The van der Waals surface area contributed by atoms with Crippen molar-refractivity contribution in [3.63, 3.8) is 0 Å². The third kappa shape index (κ3) is 7.66. The van der Waals surface area contributed by atoms with Crippen molar-refractivity contribution in [2.75, 3.05) is 17.4 Å². The number of unbranched alkanes of at least 4 members (excludes halogenated alkanes) is 1. The highest BCUT2D eigenvalue weighted by atomic mass is 32.2. The van der Waals surface area contributed by atoms with Crippen LogP contribution in [0.1, 0.15) is 37.8 Å². The maximum atomic E-state index is 13.9. The van der Waals surface area contributed by atoms with Crippen molar-refractivity contribution >= 4 is 33.2 Å². The van der Waals surface area contributed by atoms with E-state index >= 15 is 0 Å². The molecule has 0 aromatic heterocycles. The molecule has 0 saturated heterocycles. The van der Waals surface area contributed by atoms with Crippen LogP contribution in [0.15, 0.2) is 83.8 Å². The van der Waals surface area contributed by atoms with Crippen molar-refractivity contribution in [3.05, 3.63) is 100 Å². The molecule has 0 spiro atoms. The Kier molecular flexibility index (Phi) is 10.4. The van der Waals surface area contributed by atoms with Crippen LogP contribution in [0.4, 0.5) is 11.4 Å². The Bertz CT molecular complexity index is 1410. The number of sulfonamides is 1. The number of amides is 2. The van der Waals surface area contributed by atoms with Gasteiger partial charge in [-0.15, -0.1) is 0 Å². The highest BCUT2D eigenvalue weighted by molar-refractivity contribution is 7.92. The van der Waals surface area contributed by atoms with Crippen LogP contribution in [0.25, 0.3) is 0 Å². The van der Waals surface area contributed by atoms with E-state index in [1.54, 1.807) is 25.1 Å². The van der Waals surface area contributed by atoms with Gasteiger partial charge in [0.2, 0.25) is 11.8 Å². The molecule has 0 aliphatic carbocycles. The Morgan fingerprint density at radius 2 is 1.60 bits per heavy atom. The second-order valence-corrected chi connectivity index (χ2v) is 11.3. The number of rotatable bonds is 13. The fourth-order valence-electron chi connectivity index (χ4n) is 4.00. The first-order valence-electron chi connectivity index (χ1n) is 13.0. The van der Waals surface area contributed by atoms with Gasteiger partial charge < -0.3 is 10.2 Å². The van der Waals surface area contributed by atoms with E-state index in [1.807, 2.05) is 38.1 Å². The summed E-state index contributed by atoms with van der Waals surface area (Å²) in [5, 5.41) is 14.0. The first-order valence-corrected chi connectivity index (χ1v) is 14.4. The van der Waals surface area contributed by atoms with E-state index in [9.17, 15) is 28.1 Å². The third-order valence-corrected chi connectivity index (χ3v) is 8.22. The van der Waals surface area contributed by atoms with Gasteiger partial charge in [-0.2, -0.15) is 0 Å². The van der Waals surface area contributed by atoms with Gasteiger partial charge in [0.05, 0.1) is 15.5 Å². The summed E-state index contributed by atoms with van der Waals surface area (Å²) in [4.78, 5) is 38.7. The number of nitrogens with zero attached hydrogens (tertiary/aromatic N) is 3. The maximum absolute atomic E-state index is 13.9. The molecule has 0 bridgehead atoms. The molecule has 212 valence electrons. The highest BCUT2D eigenvalue weighted by Crippen LogP contribution is 2.26. The molecule has 2 amide bonds. The minimum absolute atomic E-state index is 0.0448. The van der Waals surface area contributed by atoms with E-state index < -0.39 is 33.4 Å². The summed E-state index contributed by atoms with van der Waals surface area (Å²) < 4.78 is 28.4. The lowest BCUT2D eigenvalue weighted by Gasteiger charge is -2.32. The number of non-ortho nitro benzene ring substituents is 1. The quantitative estimate of drug-likeness (QED) is 0.185. The minimum atomic E-state index is -4.24. The summed E-state index contributed by atoms with van der Waals surface area (Å²) in [5.41, 5.74) is 1.67. The molecule has 0 radical (unpaired) electrons. The second kappa shape index (κ2) is 13.7. The zero-order valence-electron chi connectivity index (χ0n) is 22.8. The van der Waals surface area contributed by atoms with Gasteiger partial charge in [0.25, 0.3) is 15.7 Å². The van der Waals surface area contributed by atoms with Crippen LogP contribution in [0.3, 0.4) is 0 Å². The molecule has 0 saturated carbocycles. The van der Waals surface area contributed by atoms with Crippen molar-refractivity contribution in [1.29, 1.82) is 0 Å². The molecule has 3 rings (SSSR count). The minimum Gasteiger partial charge on any atom is -0.354 e. The van der Waals surface area contributed by atoms with Crippen molar-refractivity contribution in [1.82, 2.24) is 10.2 Å². The average Bonchev–Trinajstić information content (AvgIpc) is 2.95. The number of nitro benzene ring substituents is 1. The average molecular weight is 567 g/mol. The lowest BCUT2D eigenvalue weighted by molar-refractivity contribution is -0.384. The van der Waals surface area contributed by atoms with Crippen LogP contribution in [0.2, 0.25) is 0 Å². The molecule has 3 aromatic rings. The number of anilines is 1. The van der Waals surface area contributed by atoms with E-state index in [1.165, 1.54) is 41.3 Å².